The number of ether oxygens (including phenoxy) is 4. The van der Waals surface area contributed by atoms with Gasteiger partial charge in [0.25, 0.3) is 0 Å². The zero-order valence-electron chi connectivity index (χ0n) is 50.6. The largest absolute Gasteiger partial charge is 0.496 e. The van der Waals surface area contributed by atoms with Crippen molar-refractivity contribution in [2.45, 2.75) is 118 Å². The lowest BCUT2D eigenvalue weighted by molar-refractivity contribution is 0.149. The van der Waals surface area contributed by atoms with Crippen LogP contribution in [-0.2, 0) is 65.2 Å². The normalized spacial score (nSPS) is 12.9. The van der Waals surface area contributed by atoms with Crippen LogP contribution in [0.15, 0.2) is 170 Å². The molecular weight excluding hydrogens is 1120 g/mol. The van der Waals surface area contributed by atoms with E-state index in [9.17, 15) is 0 Å². The molecule has 8 bridgehead atoms. The third-order valence-electron chi connectivity index (χ3n) is 14.4. The third-order valence-corrected chi connectivity index (χ3v) is 24.0. The highest BCUT2D eigenvalue weighted by Gasteiger charge is 2.36. The molecule has 0 spiro atoms. The van der Waals surface area contributed by atoms with E-state index in [0.29, 0.717) is 71.6 Å². The third kappa shape index (κ3) is 14.8. The molecule has 0 unspecified atom stereocenters. The maximum absolute atomic E-state index is 15.6. The van der Waals surface area contributed by atoms with Gasteiger partial charge in [0, 0.05) is 38.0 Å². The summed E-state index contributed by atoms with van der Waals surface area (Å²) in [4.78, 5) is 0. The van der Waals surface area contributed by atoms with Gasteiger partial charge in [0.05, 0.1) is 63.5 Å². The first-order chi connectivity index (χ1) is 40.4. The van der Waals surface area contributed by atoms with Crippen LogP contribution in [-0.4, -0.2) is 52.9 Å². The summed E-state index contributed by atoms with van der Waals surface area (Å²) in [5.41, 5.74) is 8.86. The van der Waals surface area contributed by atoms with Gasteiger partial charge in [-0.2, -0.15) is 0 Å². The van der Waals surface area contributed by atoms with E-state index >= 15 is 9.13 Å². The summed E-state index contributed by atoms with van der Waals surface area (Å²) in [6, 6.07) is 59.6. The molecule has 0 heterocycles. The fourth-order valence-corrected chi connectivity index (χ4v) is 20.0. The Morgan fingerprint density at radius 1 is 0.333 bits per heavy atom. The van der Waals surface area contributed by atoms with Crippen LogP contribution in [0.3, 0.4) is 0 Å². The molecule has 1 aliphatic carbocycles. The molecular formula is C70H80O10P4. The van der Waals surface area contributed by atoms with Gasteiger partial charge in [0.15, 0.2) is 0 Å². The van der Waals surface area contributed by atoms with Crippen molar-refractivity contribution in [1.29, 1.82) is 0 Å². The summed E-state index contributed by atoms with van der Waals surface area (Å²) in [6.07, 6.45) is 1.01. The second-order valence-corrected chi connectivity index (χ2v) is 30.6. The standard InChI is InChI=1S/C70H80O10P4/c1-47(2)77-83(71,78-48(3)4)65-41-57-37-53-33-51(45-81(61-25-17-13-18-26-61)62-27-19-14-20-28-62)35-55(67(53)73-9)39-59-43-66(84(72,79-49(5)6)80-50(7)8)44-60(70(59)76-12)40-56-36-52(34-54(68(56)74-10)38-58(42-65)69(57)75-11)46-82(63-29-21-15-22-30-63)64-31-23-16-24-32-64/h13-36,41-44,47-50H,37-40,45-46H2,1-12H3. The summed E-state index contributed by atoms with van der Waals surface area (Å²) in [7, 11) is -2.94. The molecule has 440 valence electrons. The maximum Gasteiger partial charge on any atom is 0.361 e. The lowest BCUT2D eigenvalue weighted by Crippen LogP contribution is -2.20. The average Bonchev–Trinajstić information content (AvgIpc) is 3.52. The maximum atomic E-state index is 15.6. The van der Waals surface area contributed by atoms with Crippen molar-refractivity contribution in [2.24, 2.45) is 0 Å². The minimum absolute atomic E-state index is 0.314. The summed E-state index contributed by atoms with van der Waals surface area (Å²) < 4.78 is 83.4. The Labute approximate surface area is 501 Å². The Morgan fingerprint density at radius 2 is 0.536 bits per heavy atom. The second kappa shape index (κ2) is 28.1. The highest BCUT2D eigenvalue weighted by atomic mass is 31.2. The van der Waals surface area contributed by atoms with E-state index in [1.807, 2.05) is 79.7 Å². The highest BCUT2D eigenvalue weighted by molar-refractivity contribution is 7.72. The molecule has 84 heavy (non-hydrogen) atoms. The van der Waals surface area contributed by atoms with Crippen LogP contribution in [0.4, 0.5) is 0 Å². The van der Waals surface area contributed by atoms with E-state index in [-0.39, 0.29) is 0 Å². The second-order valence-electron chi connectivity index (χ2n) is 22.3. The Bertz CT molecular complexity index is 3170. The van der Waals surface area contributed by atoms with Crippen LogP contribution in [0.1, 0.15) is 111 Å². The predicted octanol–water partition coefficient (Wildman–Crippen LogP) is 15.0. The molecule has 9 rings (SSSR count). The van der Waals surface area contributed by atoms with Crippen LogP contribution in [0, 0.1) is 0 Å². The molecule has 0 amide bonds. The molecule has 0 N–H and O–H groups in total. The molecule has 0 atom stereocenters. The smallest absolute Gasteiger partial charge is 0.361 e. The van der Waals surface area contributed by atoms with Crippen LogP contribution in [0.5, 0.6) is 23.0 Å². The number of benzene rings is 8. The lowest BCUT2D eigenvalue weighted by atomic mass is 9.90. The van der Waals surface area contributed by atoms with E-state index < -0.39 is 55.5 Å². The molecule has 0 aliphatic heterocycles. The first-order valence-electron chi connectivity index (χ1n) is 28.9. The van der Waals surface area contributed by atoms with Crippen molar-refractivity contribution in [2.75, 3.05) is 28.4 Å². The fraction of sp³-hybridized carbons (Fsp3) is 0.314. The average molecular weight is 1210 g/mol. The highest BCUT2D eigenvalue weighted by Crippen LogP contribution is 2.53. The molecule has 14 heteroatoms. The molecule has 0 saturated carbocycles. The first-order valence-corrected chi connectivity index (χ1v) is 35.0. The monoisotopic (exact) mass is 1200 g/mol. The van der Waals surface area contributed by atoms with Gasteiger partial charge >= 0.3 is 15.2 Å². The molecule has 0 fully saturated rings. The molecule has 0 aromatic heterocycles. The van der Waals surface area contributed by atoms with Crippen LogP contribution < -0.4 is 50.8 Å². The Morgan fingerprint density at radius 3 is 0.726 bits per heavy atom. The van der Waals surface area contributed by atoms with Gasteiger partial charge in [-0.25, -0.2) is 0 Å². The SMILES string of the molecule is COc1c2cc(CP(c3ccccc3)c3ccccc3)cc1Cc1cc(P(=O)(OC(C)C)OC(C)C)cc(c1OC)Cc1cc(CP(c3ccccc3)c3ccccc3)cc(c1OC)Cc1cc(P(=O)(OC(C)C)OC(C)C)cc(c1OC)C2. The summed E-state index contributed by atoms with van der Waals surface area (Å²) in [6.45, 7) is 15.0. The van der Waals surface area contributed by atoms with Crippen molar-refractivity contribution >= 4 is 62.9 Å². The Kier molecular flexibility index (Phi) is 21.0. The van der Waals surface area contributed by atoms with Crippen molar-refractivity contribution in [3.63, 3.8) is 0 Å². The van der Waals surface area contributed by atoms with Crippen molar-refractivity contribution in [3.05, 3.63) is 225 Å². The molecule has 8 aromatic carbocycles. The predicted molar refractivity (Wildman–Crippen MR) is 348 cm³/mol. The van der Waals surface area contributed by atoms with Gasteiger partial charge in [-0.3, -0.25) is 9.13 Å². The van der Waals surface area contributed by atoms with Crippen molar-refractivity contribution in [1.82, 2.24) is 0 Å². The molecule has 1 aliphatic rings. The van der Waals surface area contributed by atoms with E-state index in [4.69, 9.17) is 37.0 Å². The topological polar surface area (TPSA) is 108 Å². The zero-order chi connectivity index (χ0) is 59.7. The Hall–Kier alpha value is -5.88. The van der Waals surface area contributed by atoms with E-state index in [1.54, 1.807) is 28.4 Å². The molecule has 0 saturated heterocycles. The van der Waals surface area contributed by atoms with E-state index in [1.165, 1.54) is 21.2 Å². The number of hydrogen-bond donors (Lipinski definition) is 0. The number of rotatable bonds is 22. The minimum Gasteiger partial charge on any atom is -0.496 e. The molecule has 10 nitrogen and oxygen atoms in total. The Balaban J connectivity index is 1.37. The van der Waals surface area contributed by atoms with E-state index in [0.717, 1.165) is 55.6 Å². The molecule has 8 aromatic rings. The van der Waals surface area contributed by atoms with Crippen molar-refractivity contribution < 1.29 is 46.2 Å². The molecule has 0 radical (unpaired) electrons. The van der Waals surface area contributed by atoms with Gasteiger partial charge in [0.1, 0.15) is 23.0 Å². The van der Waals surface area contributed by atoms with Gasteiger partial charge in [-0.1, -0.05) is 146 Å². The van der Waals surface area contributed by atoms with Crippen LogP contribution in [0.2, 0.25) is 0 Å². The van der Waals surface area contributed by atoms with E-state index in [2.05, 4.69) is 146 Å². The van der Waals surface area contributed by atoms with Gasteiger partial charge in [-0.05, 0) is 172 Å². The van der Waals surface area contributed by atoms with Crippen LogP contribution in [0.25, 0.3) is 0 Å². The quantitative estimate of drug-likeness (QED) is 0.0609. The lowest BCUT2D eigenvalue weighted by Gasteiger charge is -2.27. The zero-order valence-corrected chi connectivity index (χ0v) is 54.2. The first kappa shape index (κ1) is 62.6. The number of hydrogen-bond acceptors (Lipinski definition) is 10. The van der Waals surface area contributed by atoms with Crippen LogP contribution >= 0.6 is 31.0 Å². The summed E-state index contributed by atoms with van der Waals surface area (Å²) >= 11 is 0. The number of fused-ring (bicyclic) bond motifs is 8. The van der Waals surface area contributed by atoms with Gasteiger partial charge in [-0.15, -0.1) is 0 Å². The van der Waals surface area contributed by atoms with Crippen molar-refractivity contribution in [3.8, 4) is 23.0 Å². The summed E-state index contributed by atoms with van der Waals surface area (Å²) in [5, 5.41) is 5.86. The minimum atomic E-state index is -3.99. The van der Waals surface area contributed by atoms with Gasteiger partial charge < -0.3 is 37.0 Å². The van der Waals surface area contributed by atoms with Gasteiger partial charge in [0.2, 0.25) is 0 Å². The fourth-order valence-electron chi connectivity index (χ4n) is 11.4. The summed E-state index contributed by atoms with van der Waals surface area (Å²) in [5.74, 6) is 2.62. The number of methoxy groups -OCH3 is 4.